The second-order valence-electron chi connectivity index (χ2n) is 4.47. The first kappa shape index (κ1) is 13.5. The van der Waals surface area contributed by atoms with Gasteiger partial charge in [0, 0.05) is 13.0 Å². The molecule has 0 saturated heterocycles. The standard InChI is InChI=1S/C12H16N2O5/c1-19-12(18)7-2-3-8-10(11(16)17)13-9(4-5-15)14(8)6-7/h7,15H,2-6H2,1H3,(H,16,17). The lowest BCUT2D eigenvalue weighted by Gasteiger charge is -2.23. The van der Waals surface area contributed by atoms with Gasteiger partial charge in [0.15, 0.2) is 5.69 Å². The Morgan fingerprint density at radius 1 is 1.53 bits per heavy atom. The fourth-order valence-corrected chi connectivity index (χ4v) is 2.45. The summed E-state index contributed by atoms with van der Waals surface area (Å²) in [6.45, 7) is 0.246. The van der Waals surface area contributed by atoms with Gasteiger partial charge in [0.1, 0.15) is 5.82 Å². The van der Waals surface area contributed by atoms with Gasteiger partial charge in [0.05, 0.1) is 25.3 Å². The fourth-order valence-electron chi connectivity index (χ4n) is 2.45. The molecule has 7 heteroatoms. The van der Waals surface area contributed by atoms with E-state index in [-0.39, 0.29) is 30.6 Å². The molecule has 0 bridgehead atoms. The van der Waals surface area contributed by atoms with Crippen LogP contribution in [0.1, 0.15) is 28.4 Å². The van der Waals surface area contributed by atoms with Crippen LogP contribution >= 0.6 is 0 Å². The number of rotatable bonds is 4. The van der Waals surface area contributed by atoms with Crippen molar-refractivity contribution in [3.63, 3.8) is 0 Å². The predicted molar refractivity (Wildman–Crippen MR) is 63.8 cm³/mol. The van der Waals surface area contributed by atoms with Crippen LogP contribution in [0.5, 0.6) is 0 Å². The van der Waals surface area contributed by atoms with Crippen molar-refractivity contribution in [1.29, 1.82) is 0 Å². The van der Waals surface area contributed by atoms with Crippen molar-refractivity contribution in [1.82, 2.24) is 9.55 Å². The summed E-state index contributed by atoms with van der Waals surface area (Å²) < 4.78 is 6.45. The topological polar surface area (TPSA) is 102 Å². The van der Waals surface area contributed by atoms with E-state index in [9.17, 15) is 9.59 Å². The van der Waals surface area contributed by atoms with E-state index in [1.54, 1.807) is 4.57 Å². The first-order valence-corrected chi connectivity index (χ1v) is 6.08. The molecule has 0 radical (unpaired) electrons. The average molecular weight is 268 g/mol. The van der Waals surface area contributed by atoms with E-state index < -0.39 is 5.97 Å². The molecule has 104 valence electrons. The minimum Gasteiger partial charge on any atom is -0.476 e. The molecule has 0 saturated carbocycles. The molecule has 0 amide bonds. The molecular weight excluding hydrogens is 252 g/mol. The molecule has 2 heterocycles. The summed E-state index contributed by atoms with van der Waals surface area (Å²) in [4.78, 5) is 26.7. The number of carbonyl (C=O) groups excluding carboxylic acids is 1. The number of aromatic carboxylic acids is 1. The number of nitrogens with zero attached hydrogens (tertiary/aromatic N) is 2. The number of carboxylic acid groups (broad SMARTS) is 1. The van der Waals surface area contributed by atoms with Crippen LogP contribution in [0.3, 0.4) is 0 Å². The molecule has 1 unspecified atom stereocenters. The number of methoxy groups -OCH3 is 1. The van der Waals surface area contributed by atoms with Gasteiger partial charge < -0.3 is 19.5 Å². The number of fused-ring (bicyclic) bond motifs is 1. The maximum atomic E-state index is 11.6. The summed E-state index contributed by atoms with van der Waals surface area (Å²) in [5.41, 5.74) is 0.642. The van der Waals surface area contributed by atoms with E-state index in [1.165, 1.54) is 7.11 Å². The van der Waals surface area contributed by atoms with Crippen molar-refractivity contribution in [2.75, 3.05) is 13.7 Å². The summed E-state index contributed by atoms with van der Waals surface area (Å²) >= 11 is 0. The van der Waals surface area contributed by atoms with E-state index in [0.717, 1.165) is 0 Å². The second kappa shape index (κ2) is 5.40. The van der Waals surface area contributed by atoms with Crippen molar-refractivity contribution in [2.24, 2.45) is 5.92 Å². The Hall–Kier alpha value is -1.89. The highest BCUT2D eigenvalue weighted by molar-refractivity contribution is 5.87. The average Bonchev–Trinajstić information content (AvgIpc) is 2.77. The Morgan fingerprint density at radius 3 is 2.84 bits per heavy atom. The van der Waals surface area contributed by atoms with E-state index in [1.807, 2.05) is 0 Å². The SMILES string of the molecule is COC(=O)C1CCc2c(C(=O)O)nc(CCO)n2C1. The molecule has 0 aliphatic carbocycles. The van der Waals surface area contributed by atoms with Gasteiger partial charge in [-0.2, -0.15) is 0 Å². The Balaban J connectivity index is 2.36. The van der Waals surface area contributed by atoms with Gasteiger partial charge >= 0.3 is 11.9 Å². The van der Waals surface area contributed by atoms with Crippen LogP contribution in [0.25, 0.3) is 0 Å². The predicted octanol–water partition coefficient (Wildman–Crippen LogP) is -0.149. The number of carbonyl (C=O) groups is 2. The van der Waals surface area contributed by atoms with Crippen LogP contribution in [-0.2, 0) is 28.9 Å². The summed E-state index contributed by atoms with van der Waals surface area (Å²) in [7, 11) is 1.34. The highest BCUT2D eigenvalue weighted by Gasteiger charge is 2.31. The minimum absolute atomic E-state index is 0.0202. The van der Waals surface area contributed by atoms with Crippen molar-refractivity contribution in [3.8, 4) is 0 Å². The number of hydrogen-bond acceptors (Lipinski definition) is 5. The Labute approximate surface area is 109 Å². The Kier molecular flexibility index (Phi) is 3.84. The molecule has 1 aliphatic rings. The summed E-state index contributed by atoms with van der Waals surface area (Å²) in [6.07, 6.45) is 1.30. The lowest BCUT2D eigenvalue weighted by molar-refractivity contribution is -0.146. The third-order valence-electron chi connectivity index (χ3n) is 3.36. The molecule has 1 aromatic heterocycles. The molecule has 7 nitrogen and oxygen atoms in total. The summed E-state index contributed by atoms with van der Waals surface area (Å²) in [5.74, 6) is -1.16. The van der Waals surface area contributed by atoms with Gasteiger partial charge in [0.2, 0.25) is 0 Å². The van der Waals surface area contributed by atoms with E-state index >= 15 is 0 Å². The fraction of sp³-hybridized carbons (Fsp3) is 0.583. The molecular formula is C12H16N2O5. The minimum atomic E-state index is -1.08. The van der Waals surface area contributed by atoms with Crippen LogP contribution in [0.2, 0.25) is 0 Å². The number of aliphatic hydroxyl groups excluding tert-OH is 1. The van der Waals surface area contributed by atoms with Gasteiger partial charge in [-0.05, 0) is 12.8 Å². The zero-order valence-corrected chi connectivity index (χ0v) is 10.6. The van der Waals surface area contributed by atoms with Gasteiger partial charge in [0.25, 0.3) is 0 Å². The highest BCUT2D eigenvalue weighted by atomic mass is 16.5. The molecule has 1 atom stereocenters. The third kappa shape index (κ3) is 2.46. The molecule has 2 N–H and O–H groups in total. The number of imidazole rings is 1. The van der Waals surface area contributed by atoms with Gasteiger partial charge in [-0.25, -0.2) is 9.78 Å². The molecule has 1 aliphatic heterocycles. The van der Waals surface area contributed by atoms with E-state index in [0.29, 0.717) is 30.9 Å². The monoisotopic (exact) mass is 268 g/mol. The number of ether oxygens (including phenoxy) is 1. The smallest absolute Gasteiger partial charge is 0.356 e. The first-order chi connectivity index (χ1) is 9.08. The van der Waals surface area contributed by atoms with Crippen LogP contribution in [0.15, 0.2) is 0 Å². The largest absolute Gasteiger partial charge is 0.476 e. The van der Waals surface area contributed by atoms with Crippen LogP contribution in [0.4, 0.5) is 0 Å². The quantitative estimate of drug-likeness (QED) is 0.736. The number of carboxylic acids is 1. The number of hydrogen-bond donors (Lipinski definition) is 2. The van der Waals surface area contributed by atoms with Crippen molar-refractivity contribution >= 4 is 11.9 Å². The van der Waals surface area contributed by atoms with Crippen molar-refractivity contribution in [2.45, 2.75) is 25.8 Å². The Bertz CT molecular complexity index is 508. The lowest BCUT2D eigenvalue weighted by Crippen LogP contribution is -2.29. The molecule has 0 fully saturated rings. The van der Waals surface area contributed by atoms with Crippen molar-refractivity contribution < 1.29 is 24.5 Å². The molecule has 0 aromatic carbocycles. The second-order valence-corrected chi connectivity index (χ2v) is 4.47. The lowest BCUT2D eigenvalue weighted by atomic mass is 9.97. The van der Waals surface area contributed by atoms with Gasteiger partial charge in [-0.1, -0.05) is 0 Å². The van der Waals surface area contributed by atoms with Crippen molar-refractivity contribution in [3.05, 3.63) is 17.2 Å². The van der Waals surface area contributed by atoms with Gasteiger partial charge in [-0.3, -0.25) is 4.79 Å². The first-order valence-electron chi connectivity index (χ1n) is 6.08. The van der Waals surface area contributed by atoms with E-state index in [4.69, 9.17) is 14.9 Å². The highest BCUT2D eigenvalue weighted by Crippen LogP contribution is 2.25. The third-order valence-corrected chi connectivity index (χ3v) is 3.36. The normalized spacial score (nSPS) is 17.9. The zero-order chi connectivity index (χ0) is 14.0. The summed E-state index contributed by atoms with van der Waals surface area (Å²) in [5, 5.41) is 18.1. The van der Waals surface area contributed by atoms with Crippen LogP contribution < -0.4 is 0 Å². The van der Waals surface area contributed by atoms with Crippen LogP contribution in [0, 0.1) is 5.92 Å². The summed E-state index contributed by atoms with van der Waals surface area (Å²) in [6, 6.07) is 0. The maximum Gasteiger partial charge on any atom is 0.356 e. The number of aliphatic hydroxyl groups is 1. The van der Waals surface area contributed by atoms with Gasteiger partial charge in [-0.15, -0.1) is 0 Å². The molecule has 19 heavy (non-hydrogen) atoms. The molecule has 1 aromatic rings. The van der Waals surface area contributed by atoms with E-state index in [2.05, 4.69) is 4.98 Å². The number of esters is 1. The number of aromatic nitrogens is 2. The maximum absolute atomic E-state index is 11.6. The Morgan fingerprint density at radius 2 is 2.26 bits per heavy atom. The molecule has 2 rings (SSSR count). The molecule has 0 spiro atoms. The zero-order valence-electron chi connectivity index (χ0n) is 10.6. The van der Waals surface area contributed by atoms with Crippen LogP contribution in [-0.4, -0.2) is 45.4 Å².